The molecule has 4 rings (SSSR count). The van der Waals surface area contributed by atoms with Crippen molar-refractivity contribution in [1.82, 2.24) is 4.90 Å². The molecule has 1 atom stereocenters. The molecule has 1 N–H and O–H groups in total. The minimum atomic E-state index is -0.568. The molecule has 8 heteroatoms. The standard InChI is InChI=1S/C22H16ClN3O4/c23-16-8-11-19-18(12-16)21(14-4-2-1-3-5-14)25(13-20(27)24-19)22(28)15-6-9-17(10-7-15)26(29)30/h1-12,21H,13H2,(H,24,27). The van der Waals surface area contributed by atoms with Crippen LogP contribution in [0.25, 0.3) is 0 Å². The van der Waals surface area contributed by atoms with Crippen molar-refractivity contribution in [2.45, 2.75) is 6.04 Å². The largest absolute Gasteiger partial charge is 0.324 e. The fourth-order valence-corrected chi connectivity index (χ4v) is 3.73. The number of rotatable bonds is 3. The smallest absolute Gasteiger partial charge is 0.269 e. The summed E-state index contributed by atoms with van der Waals surface area (Å²) in [6.07, 6.45) is 0. The van der Waals surface area contributed by atoms with Crippen molar-refractivity contribution < 1.29 is 14.5 Å². The van der Waals surface area contributed by atoms with Crippen LogP contribution < -0.4 is 5.32 Å². The zero-order valence-corrected chi connectivity index (χ0v) is 16.4. The first kappa shape index (κ1) is 19.6. The van der Waals surface area contributed by atoms with Gasteiger partial charge >= 0.3 is 0 Å². The number of nitro benzene ring substituents is 1. The summed E-state index contributed by atoms with van der Waals surface area (Å²) in [6.45, 7) is -0.179. The van der Waals surface area contributed by atoms with Gasteiger partial charge in [0.2, 0.25) is 5.91 Å². The van der Waals surface area contributed by atoms with E-state index in [1.807, 2.05) is 30.3 Å². The number of fused-ring (bicyclic) bond motifs is 1. The number of carbonyl (C=O) groups excluding carboxylic acids is 2. The number of non-ortho nitro benzene ring substituents is 1. The van der Waals surface area contributed by atoms with Crippen molar-refractivity contribution in [1.29, 1.82) is 0 Å². The highest BCUT2D eigenvalue weighted by Crippen LogP contribution is 2.38. The summed E-state index contributed by atoms with van der Waals surface area (Å²) in [4.78, 5) is 37.8. The Bertz CT molecular complexity index is 1130. The van der Waals surface area contributed by atoms with E-state index in [2.05, 4.69) is 5.32 Å². The van der Waals surface area contributed by atoms with Crippen LogP contribution in [0.4, 0.5) is 11.4 Å². The lowest BCUT2D eigenvalue weighted by atomic mass is 9.95. The lowest BCUT2D eigenvalue weighted by Crippen LogP contribution is -2.39. The summed E-state index contributed by atoms with van der Waals surface area (Å²) >= 11 is 6.23. The average molecular weight is 422 g/mol. The summed E-state index contributed by atoms with van der Waals surface area (Å²) in [5, 5.41) is 14.2. The highest BCUT2D eigenvalue weighted by atomic mass is 35.5. The molecule has 1 unspecified atom stereocenters. The third-order valence-electron chi connectivity index (χ3n) is 4.91. The highest BCUT2D eigenvalue weighted by Gasteiger charge is 2.34. The number of hydrogen-bond acceptors (Lipinski definition) is 4. The lowest BCUT2D eigenvalue weighted by molar-refractivity contribution is -0.384. The number of benzene rings is 3. The Balaban J connectivity index is 1.84. The van der Waals surface area contributed by atoms with Gasteiger partial charge in [-0.05, 0) is 35.9 Å². The van der Waals surface area contributed by atoms with E-state index in [0.717, 1.165) is 5.56 Å². The van der Waals surface area contributed by atoms with E-state index in [1.165, 1.54) is 29.2 Å². The van der Waals surface area contributed by atoms with E-state index >= 15 is 0 Å². The van der Waals surface area contributed by atoms with Gasteiger partial charge in [0.15, 0.2) is 0 Å². The minimum absolute atomic E-state index is 0.114. The van der Waals surface area contributed by atoms with Gasteiger partial charge in [-0.15, -0.1) is 0 Å². The maximum Gasteiger partial charge on any atom is 0.269 e. The predicted molar refractivity (Wildman–Crippen MR) is 112 cm³/mol. The number of nitro groups is 1. The van der Waals surface area contributed by atoms with Crippen LogP contribution in [0.1, 0.15) is 27.5 Å². The van der Waals surface area contributed by atoms with Crippen LogP contribution in [0.5, 0.6) is 0 Å². The SMILES string of the molecule is O=C1CN(C(=O)c2ccc([N+](=O)[O-])cc2)C(c2ccccc2)c2cc(Cl)ccc2N1. The monoisotopic (exact) mass is 421 g/mol. The van der Waals surface area contributed by atoms with Crippen LogP contribution in [-0.4, -0.2) is 28.2 Å². The Kier molecular flexibility index (Phi) is 5.20. The highest BCUT2D eigenvalue weighted by molar-refractivity contribution is 6.30. The van der Waals surface area contributed by atoms with Crippen LogP contribution in [0.2, 0.25) is 5.02 Å². The van der Waals surface area contributed by atoms with Gasteiger partial charge in [-0.1, -0.05) is 41.9 Å². The normalized spacial score (nSPS) is 15.7. The zero-order chi connectivity index (χ0) is 21.3. The van der Waals surface area contributed by atoms with E-state index in [4.69, 9.17) is 11.6 Å². The Labute approximate surface area is 177 Å². The first-order valence-electron chi connectivity index (χ1n) is 9.14. The number of halogens is 1. The number of nitrogens with one attached hydrogen (secondary N) is 1. The summed E-state index contributed by atoms with van der Waals surface area (Å²) in [5.41, 5.74) is 2.22. The van der Waals surface area contributed by atoms with E-state index in [1.54, 1.807) is 18.2 Å². The molecule has 0 saturated heterocycles. The van der Waals surface area contributed by atoms with E-state index in [-0.39, 0.29) is 23.7 Å². The predicted octanol–water partition coefficient (Wildman–Crippen LogP) is 4.43. The number of hydrogen-bond donors (Lipinski definition) is 1. The first-order chi connectivity index (χ1) is 14.4. The lowest BCUT2D eigenvalue weighted by Gasteiger charge is -2.30. The Morgan fingerprint density at radius 1 is 1.07 bits per heavy atom. The molecule has 0 fully saturated rings. The van der Waals surface area contributed by atoms with Gasteiger partial charge < -0.3 is 10.2 Å². The maximum atomic E-state index is 13.4. The van der Waals surface area contributed by atoms with Crippen molar-refractivity contribution in [2.75, 3.05) is 11.9 Å². The van der Waals surface area contributed by atoms with Crippen molar-refractivity contribution in [2.24, 2.45) is 0 Å². The number of anilines is 1. The summed E-state index contributed by atoms with van der Waals surface area (Å²) in [6, 6.07) is 19.2. The fraction of sp³-hybridized carbons (Fsp3) is 0.0909. The van der Waals surface area contributed by atoms with E-state index < -0.39 is 16.9 Å². The van der Waals surface area contributed by atoms with Crippen molar-refractivity contribution in [3.05, 3.63) is 105 Å². The summed E-state index contributed by atoms with van der Waals surface area (Å²) in [5.74, 6) is -0.756. The molecule has 0 aromatic heterocycles. The van der Waals surface area contributed by atoms with Gasteiger partial charge in [0, 0.05) is 34.0 Å². The van der Waals surface area contributed by atoms with Crippen LogP contribution in [0.15, 0.2) is 72.8 Å². The molecule has 0 radical (unpaired) electrons. The molecule has 1 aliphatic heterocycles. The topological polar surface area (TPSA) is 92.5 Å². The van der Waals surface area contributed by atoms with Gasteiger partial charge in [0.25, 0.3) is 11.6 Å². The van der Waals surface area contributed by atoms with Gasteiger partial charge in [0.05, 0.1) is 11.0 Å². The first-order valence-corrected chi connectivity index (χ1v) is 9.51. The summed E-state index contributed by atoms with van der Waals surface area (Å²) < 4.78 is 0. The molecule has 150 valence electrons. The molecule has 1 heterocycles. The third kappa shape index (κ3) is 3.75. The fourth-order valence-electron chi connectivity index (χ4n) is 3.55. The zero-order valence-electron chi connectivity index (χ0n) is 15.6. The second-order valence-corrected chi connectivity index (χ2v) is 7.27. The molecule has 0 aliphatic carbocycles. The Hall–Kier alpha value is -3.71. The third-order valence-corrected chi connectivity index (χ3v) is 5.14. The minimum Gasteiger partial charge on any atom is -0.324 e. The van der Waals surface area contributed by atoms with Crippen LogP contribution >= 0.6 is 11.6 Å². The molecule has 3 aromatic carbocycles. The van der Waals surface area contributed by atoms with Gasteiger partial charge in [-0.3, -0.25) is 19.7 Å². The molecule has 7 nitrogen and oxygen atoms in total. The van der Waals surface area contributed by atoms with Crippen LogP contribution in [-0.2, 0) is 4.79 Å². The van der Waals surface area contributed by atoms with E-state index in [9.17, 15) is 19.7 Å². The van der Waals surface area contributed by atoms with Crippen molar-refractivity contribution >= 4 is 34.8 Å². The molecular weight excluding hydrogens is 406 g/mol. The van der Waals surface area contributed by atoms with Gasteiger partial charge in [-0.2, -0.15) is 0 Å². The number of carbonyl (C=O) groups is 2. The number of nitrogens with zero attached hydrogens (tertiary/aromatic N) is 2. The van der Waals surface area contributed by atoms with Gasteiger partial charge in [0.1, 0.15) is 6.54 Å². The quantitative estimate of drug-likeness (QED) is 0.500. The Morgan fingerprint density at radius 2 is 1.77 bits per heavy atom. The molecule has 0 spiro atoms. The van der Waals surface area contributed by atoms with Crippen LogP contribution in [0.3, 0.4) is 0 Å². The number of amides is 2. The molecule has 30 heavy (non-hydrogen) atoms. The van der Waals surface area contributed by atoms with Crippen LogP contribution in [0, 0.1) is 10.1 Å². The average Bonchev–Trinajstić information content (AvgIpc) is 2.89. The summed E-state index contributed by atoms with van der Waals surface area (Å²) in [7, 11) is 0. The molecule has 2 amide bonds. The Morgan fingerprint density at radius 3 is 2.43 bits per heavy atom. The van der Waals surface area contributed by atoms with Gasteiger partial charge in [-0.25, -0.2) is 0 Å². The molecule has 0 bridgehead atoms. The second-order valence-electron chi connectivity index (χ2n) is 6.83. The molecule has 0 saturated carbocycles. The maximum absolute atomic E-state index is 13.4. The van der Waals surface area contributed by atoms with Crippen molar-refractivity contribution in [3.63, 3.8) is 0 Å². The molecule has 1 aliphatic rings. The van der Waals surface area contributed by atoms with Crippen molar-refractivity contribution in [3.8, 4) is 0 Å². The van der Waals surface area contributed by atoms with E-state index in [0.29, 0.717) is 16.3 Å². The second kappa shape index (κ2) is 7.96. The molecule has 3 aromatic rings. The molecular formula is C22H16ClN3O4.